The molecule has 0 atom stereocenters. The van der Waals surface area contributed by atoms with Crippen LogP contribution in [0.15, 0.2) is 24.3 Å². The molecule has 0 aliphatic rings. The Kier molecular flexibility index (Phi) is 5.14. The first kappa shape index (κ1) is 16.5. The third kappa shape index (κ3) is 2.78. The highest BCUT2D eigenvalue weighted by Crippen LogP contribution is 2.30. The quantitative estimate of drug-likeness (QED) is 0.581. The number of benzene rings is 1. The summed E-state index contributed by atoms with van der Waals surface area (Å²) in [6.07, 6.45) is -2.72. The zero-order chi connectivity index (χ0) is 14.0. The number of alkyl halides is 3. The van der Waals surface area contributed by atoms with E-state index < -0.39 is 12.0 Å². The first-order valence-electron chi connectivity index (χ1n) is 6.59. The van der Waals surface area contributed by atoms with Crippen molar-refractivity contribution in [1.29, 1.82) is 0 Å². The van der Waals surface area contributed by atoms with Crippen molar-refractivity contribution >= 4 is 11.0 Å². The van der Waals surface area contributed by atoms with Crippen LogP contribution < -0.4 is 9.27 Å². The third-order valence-electron chi connectivity index (χ3n) is 3.28. The van der Waals surface area contributed by atoms with E-state index in [1.54, 1.807) is 31.2 Å². The highest BCUT2D eigenvalue weighted by Gasteiger charge is 2.46. The number of nitrogens with zero attached hydrogens (tertiary/aromatic N) is 2. The van der Waals surface area contributed by atoms with Gasteiger partial charge in [-0.1, -0.05) is 25.5 Å². The molecule has 0 spiro atoms. The van der Waals surface area contributed by atoms with Crippen LogP contribution in [0, 0.1) is 0 Å². The van der Waals surface area contributed by atoms with Crippen LogP contribution in [-0.2, 0) is 19.3 Å². The number of aromatic nitrogens is 2. The molecule has 0 aliphatic carbocycles. The summed E-state index contributed by atoms with van der Waals surface area (Å²) in [6.45, 7) is 4.44. The zero-order valence-electron chi connectivity index (χ0n) is 11.5. The fourth-order valence-electron chi connectivity index (χ4n) is 2.46. The van der Waals surface area contributed by atoms with Gasteiger partial charge in [-0.2, -0.15) is 13.2 Å². The average Bonchev–Trinajstić information content (AvgIpc) is 2.70. The smallest absolute Gasteiger partial charge is 0.495 e. The van der Waals surface area contributed by atoms with Crippen LogP contribution >= 0.6 is 0 Å². The molecule has 0 fully saturated rings. The monoisotopic (exact) mass is 290 g/mol. The molecular formula is C14H18F4N2. The molecule has 0 N–H and O–H groups in total. The van der Waals surface area contributed by atoms with Gasteiger partial charge in [0.15, 0.2) is 11.0 Å². The van der Waals surface area contributed by atoms with Gasteiger partial charge in [-0.15, -0.1) is 0 Å². The third-order valence-corrected chi connectivity index (χ3v) is 3.28. The summed E-state index contributed by atoms with van der Waals surface area (Å²) in [7, 11) is 0. The molecule has 2 aromatic rings. The Hall–Kier alpha value is -1.59. The number of rotatable bonds is 4. The van der Waals surface area contributed by atoms with Crippen molar-refractivity contribution in [3.8, 4) is 0 Å². The molecule has 2 nitrogen and oxygen atoms in total. The average molecular weight is 290 g/mol. The molecule has 1 aromatic carbocycles. The number of para-hydroxylation sites is 2. The minimum Gasteiger partial charge on any atom is -1.00 e. The van der Waals surface area contributed by atoms with Gasteiger partial charge < -0.3 is 4.70 Å². The molecule has 0 aliphatic heterocycles. The summed E-state index contributed by atoms with van der Waals surface area (Å²) < 4.78 is 42.7. The number of imidazole rings is 1. The topological polar surface area (TPSA) is 8.81 Å². The molecule has 0 bridgehead atoms. The van der Waals surface area contributed by atoms with Gasteiger partial charge in [0.05, 0.1) is 13.1 Å². The van der Waals surface area contributed by atoms with E-state index in [9.17, 15) is 13.2 Å². The normalized spacial score (nSPS) is 11.7. The van der Waals surface area contributed by atoms with E-state index in [1.807, 2.05) is 6.92 Å². The van der Waals surface area contributed by atoms with E-state index >= 15 is 0 Å². The summed E-state index contributed by atoms with van der Waals surface area (Å²) in [4.78, 5) is 0. The van der Waals surface area contributed by atoms with Gasteiger partial charge in [0, 0.05) is 0 Å². The fraction of sp³-hybridized carbons (Fsp3) is 0.500. The van der Waals surface area contributed by atoms with Crippen molar-refractivity contribution in [2.24, 2.45) is 0 Å². The summed E-state index contributed by atoms with van der Waals surface area (Å²) in [6, 6.07) is 7.06. The number of fused-ring (bicyclic) bond motifs is 1. The Labute approximate surface area is 115 Å². The molecule has 0 unspecified atom stereocenters. The summed E-state index contributed by atoms with van der Waals surface area (Å²) in [5.41, 5.74) is 1.30. The van der Waals surface area contributed by atoms with Gasteiger partial charge in [-0.05, 0) is 25.5 Å². The van der Waals surface area contributed by atoms with Crippen LogP contribution in [0.3, 0.4) is 0 Å². The van der Waals surface area contributed by atoms with Crippen molar-refractivity contribution in [1.82, 2.24) is 4.57 Å². The van der Waals surface area contributed by atoms with Crippen molar-refractivity contribution < 1.29 is 22.4 Å². The van der Waals surface area contributed by atoms with E-state index in [0.717, 1.165) is 12.8 Å². The molecule has 0 amide bonds. The standard InChI is InChI=1S/C14H18F3N2.FH/c1-3-5-10-19-12-9-7-6-8-11(12)18(4-2)13(19)14(15,16)17;/h6-9H,3-5,10H2,1-2H3;1H/q+1;/p-1. The zero-order valence-corrected chi connectivity index (χ0v) is 11.5. The number of aryl methyl sites for hydroxylation is 2. The minimum atomic E-state index is -4.33. The Bertz CT molecular complexity index is 572. The second-order valence-corrected chi connectivity index (χ2v) is 4.56. The first-order chi connectivity index (χ1) is 9.00. The Morgan fingerprint density at radius 2 is 1.80 bits per heavy atom. The van der Waals surface area contributed by atoms with Gasteiger partial charge in [-0.25, -0.2) is 9.13 Å². The highest BCUT2D eigenvalue weighted by atomic mass is 19.4. The first-order valence-corrected chi connectivity index (χ1v) is 6.59. The lowest BCUT2D eigenvalue weighted by atomic mass is 10.3. The molecule has 1 aromatic heterocycles. The van der Waals surface area contributed by atoms with Crippen LogP contribution in [0.25, 0.3) is 11.0 Å². The predicted molar refractivity (Wildman–Crippen MR) is 67.7 cm³/mol. The second-order valence-electron chi connectivity index (χ2n) is 4.56. The number of hydrogen-bond acceptors (Lipinski definition) is 0. The van der Waals surface area contributed by atoms with E-state index in [2.05, 4.69) is 0 Å². The van der Waals surface area contributed by atoms with Crippen LogP contribution in [0.2, 0.25) is 0 Å². The number of halogens is 4. The Morgan fingerprint density at radius 3 is 2.35 bits per heavy atom. The summed E-state index contributed by atoms with van der Waals surface area (Å²) >= 11 is 0. The van der Waals surface area contributed by atoms with Gasteiger partial charge in [0.25, 0.3) is 0 Å². The van der Waals surface area contributed by atoms with Gasteiger partial charge in [0.2, 0.25) is 0 Å². The summed E-state index contributed by atoms with van der Waals surface area (Å²) in [5.74, 6) is -0.551. The van der Waals surface area contributed by atoms with Crippen molar-refractivity contribution in [3.63, 3.8) is 0 Å². The van der Waals surface area contributed by atoms with Crippen LogP contribution in [0.1, 0.15) is 32.5 Å². The lowest BCUT2D eigenvalue weighted by molar-refractivity contribution is -0.692. The van der Waals surface area contributed by atoms with E-state index in [1.165, 1.54) is 9.13 Å². The van der Waals surface area contributed by atoms with Crippen LogP contribution in [0.4, 0.5) is 13.2 Å². The van der Waals surface area contributed by atoms with Crippen molar-refractivity contribution in [2.45, 2.75) is 46.0 Å². The van der Waals surface area contributed by atoms with Crippen LogP contribution in [0.5, 0.6) is 0 Å². The predicted octanol–water partition coefficient (Wildman–Crippen LogP) is 0.772. The van der Waals surface area contributed by atoms with Crippen LogP contribution in [-0.4, -0.2) is 4.57 Å². The largest absolute Gasteiger partial charge is 1.00 e. The van der Waals surface area contributed by atoms with E-state index in [4.69, 9.17) is 0 Å². The molecule has 112 valence electrons. The maximum Gasteiger partial charge on any atom is 0.495 e. The van der Waals surface area contributed by atoms with Gasteiger partial charge >= 0.3 is 12.0 Å². The summed E-state index contributed by atoms with van der Waals surface area (Å²) in [5, 5.41) is 0. The minimum absolute atomic E-state index is 0. The molecular weight excluding hydrogens is 272 g/mol. The lowest BCUT2D eigenvalue weighted by Gasteiger charge is -2.06. The molecule has 1 heterocycles. The molecule has 6 heteroatoms. The molecule has 20 heavy (non-hydrogen) atoms. The number of unbranched alkanes of at least 4 members (excludes halogenated alkanes) is 1. The molecule has 0 radical (unpaired) electrons. The van der Waals surface area contributed by atoms with Crippen molar-refractivity contribution in [2.75, 3.05) is 0 Å². The van der Waals surface area contributed by atoms with Gasteiger partial charge in [0.1, 0.15) is 0 Å². The maximum atomic E-state index is 13.3. The van der Waals surface area contributed by atoms with E-state index in [0.29, 0.717) is 24.1 Å². The second kappa shape index (κ2) is 6.24. The molecule has 0 saturated carbocycles. The Morgan fingerprint density at radius 1 is 1.15 bits per heavy atom. The fourth-order valence-corrected chi connectivity index (χ4v) is 2.46. The SMILES string of the molecule is CCCC[n+]1c(C(F)(F)F)n(CC)c2ccccc21.[F-]. The maximum absolute atomic E-state index is 13.3. The van der Waals surface area contributed by atoms with Crippen molar-refractivity contribution in [3.05, 3.63) is 30.1 Å². The number of hydrogen-bond donors (Lipinski definition) is 0. The molecule has 2 rings (SSSR count). The molecule has 0 saturated heterocycles. The van der Waals surface area contributed by atoms with Gasteiger partial charge in [-0.3, -0.25) is 0 Å². The lowest BCUT2D eigenvalue weighted by Crippen LogP contribution is -3.00. The Balaban J connectivity index is 0.00000200. The highest BCUT2D eigenvalue weighted by molar-refractivity contribution is 5.72. The van der Waals surface area contributed by atoms with E-state index in [-0.39, 0.29) is 4.70 Å².